The summed E-state index contributed by atoms with van der Waals surface area (Å²) in [5.41, 5.74) is 0.0416. The largest absolute Gasteiger partial charge is 0.306 e. The summed E-state index contributed by atoms with van der Waals surface area (Å²) in [6.07, 6.45) is 3.61. The highest BCUT2D eigenvalue weighted by molar-refractivity contribution is 8.20. The van der Waals surface area contributed by atoms with E-state index < -0.39 is 15.8 Å². The second kappa shape index (κ2) is 5.44. The van der Waals surface area contributed by atoms with Gasteiger partial charge in [-0.05, 0) is 12.2 Å². The van der Waals surface area contributed by atoms with Crippen molar-refractivity contribution in [3.63, 3.8) is 0 Å². The predicted octanol–water partition coefficient (Wildman–Crippen LogP) is 1.56. The lowest BCUT2D eigenvalue weighted by molar-refractivity contribution is -0.384. The first-order chi connectivity index (χ1) is 7.56. The third-order valence-electron chi connectivity index (χ3n) is 1.84. The maximum absolute atomic E-state index is 10.4. The van der Waals surface area contributed by atoms with Gasteiger partial charge in [0, 0.05) is 24.3 Å². The van der Waals surface area contributed by atoms with Gasteiger partial charge in [-0.25, -0.2) is 5.32 Å². The third-order valence-corrected chi connectivity index (χ3v) is 4.33. The van der Waals surface area contributed by atoms with E-state index in [0.29, 0.717) is 4.32 Å². The average molecular weight is 254 g/mol. The Morgan fingerprint density at radius 2 is 2.12 bits per heavy atom. The summed E-state index contributed by atoms with van der Waals surface area (Å²) in [6.45, 7) is 0. The molecule has 0 aliphatic heterocycles. The van der Waals surface area contributed by atoms with E-state index in [9.17, 15) is 10.1 Å². The van der Waals surface area contributed by atoms with Crippen LogP contribution in [0.15, 0.2) is 29.2 Å². The Morgan fingerprint density at radius 3 is 2.56 bits per heavy atom. The topological polar surface area (TPSA) is 79.0 Å². The van der Waals surface area contributed by atoms with Crippen LogP contribution in [0.3, 0.4) is 0 Å². The number of non-ortho nitro benzene ring substituents is 1. The molecular formula is C9H8N3O2S2+. The highest BCUT2D eigenvalue weighted by Crippen LogP contribution is 2.17. The van der Waals surface area contributed by atoms with Crippen molar-refractivity contribution in [3.8, 4) is 6.19 Å². The average Bonchev–Trinajstić information content (AvgIpc) is 2.28. The zero-order valence-electron chi connectivity index (χ0n) is 8.34. The van der Waals surface area contributed by atoms with Crippen LogP contribution in [0.4, 0.5) is 5.69 Å². The van der Waals surface area contributed by atoms with Crippen molar-refractivity contribution in [1.82, 2.24) is 5.32 Å². The Balaban J connectivity index is 2.86. The van der Waals surface area contributed by atoms with Gasteiger partial charge in [0.2, 0.25) is 0 Å². The van der Waals surface area contributed by atoms with Crippen molar-refractivity contribution >= 4 is 33.1 Å². The van der Waals surface area contributed by atoms with Gasteiger partial charge >= 0.3 is 4.32 Å². The summed E-state index contributed by atoms with van der Waals surface area (Å²) >= 11 is 4.99. The monoisotopic (exact) mass is 254 g/mol. The Kier molecular flexibility index (Phi) is 4.22. The molecule has 5 nitrogen and oxygen atoms in total. The standard InChI is InChI=1S/C9H7N3O2S2/c1-16(9(15)11-6-10)8-4-2-7(3-5-8)12(13)14/h2-5H,1H3/p+1. The van der Waals surface area contributed by atoms with Crippen LogP contribution in [0.5, 0.6) is 0 Å². The van der Waals surface area contributed by atoms with E-state index in [4.69, 9.17) is 17.5 Å². The number of benzene rings is 1. The van der Waals surface area contributed by atoms with Crippen molar-refractivity contribution in [2.75, 3.05) is 6.26 Å². The smallest absolute Gasteiger partial charge is 0.258 e. The molecule has 82 valence electrons. The third kappa shape index (κ3) is 2.92. The normalized spacial score (nSPS) is 11.2. The lowest BCUT2D eigenvalue weighted by Crippen LogP contribution is -2.24. The zero-order valence-corrected chi connectivity index (χ0v) is 9.97. The van der Waals surface area contributed by atoms with Gasteiger partial charge in [0.05, 0.1) is 15.8 Å². The Morgan fingerprint density at radius 1 is 1.56 bits per heavy atom. The van der Waals surface area contributed by atoms with Crippen molar-refractivity contribution in [2.24, 2.45) is 0 Å². The predicted molar refractivity (Wildman–Crippen MR) is 66.0 cm³/mol. The summed E-state index contributed by atoms with van der Waals surface area (Å²) < 4.78 is 0.427. The van der Waals surface area contributed by atoms with Gasteiger partial charge in [-0.2, -0.15) is 5.26 Å². The van der Waals surface area contributed by atoms with Crippen LogP contribution < -0.4 is 5.32 Å². The number of nitro benzene ring substituents is 1. The van der Waals surface area contributed by atoms with E-state index in [2.05, 4.69) is 5.32 Å². The number of hydrogen-bond donors (Lipinski definition) is 1. The fourth-order valence-corrected chi connectivity index (χ4v) is 2.29. The number of nitrogens with zero attached hydrogens (tertiary/aromatic N) is 2. The van der Waals surface area contributed by atoms with E-state index in [1.165, 1.54) is 12.1 Å². The quantitative estimate of drug-likeness (QED) is 0.216. The van der Waals surface area contributed by atoms with Crippen LogP contribution in [-0.2, 0) is 10.9 Å². The number of thiocarbonyl (C=S) groups is 1. The van der Waals surface area contributed by atoms with E-state index in [1.54, 1.807) is 18.3 Å². The van der Waals surface area contributed by atoms with Crippen LogP contribution in [-0.4, -0.2) is 15.5 Å². The minimum Gasteiger partial charge on any atom is -0.258 e. The SMILES string of the molecule is C[S+](C(=S)NC#N)c1ccc([N+](=O)[O-])cc1. The molecule has 0 spiro atoms. The highest BCUT2D eigenvalue weighted by Gasteiger charge is 2.23. The van der Waals surface area contributed by atoms with E-state index in [-0.39, 0.29) is 5.69 Å². The number of nitro groups is 1. The fourth-order valence-electron chi connectivity index (χ4n) is 1.00. The van der Waals surface area contributed by atoms with Crippen LogP contribution in [0.25, 0.3) is 0 Å². The summed E-state index contributed by atoms with van der Waals surface area (Å²) in [5, 5.41) is 21.3. The molecule has 1 aromatic rings. The Labute approximate surface area is 101 Å². The Bertz CT molecular complexity index is 453. The maximum Gasteiger partial charge on any atom is 0.306 e. The molecule has 0 fully saturated rings. The van der Waals surface area contributed by atoms with Crippen molar-refractivity contribution < 1.29 is 4.92 Å². The summed E-state index contributed by atoms with van der Waals surface area (Å²) in [6, 6.07) is 6.14. The molecule has 0 bridgehead atoms. The molecule has 7 heteroatoms. The van der Waals surface area contributed by atoms with Crippen molar-refractivity contribution in [3.05, 3.63) is 34.4 Å². The van der Waals surface area contributed by atoms with Crippen molar-refractivity contribution in [1.29, 1.82) is 5.26 Å². The first-order valence-electron chi connectivity index (χ1n) is 4.15. The van der Waals surface area contributed by atoms with Crippen molar-refractivity contribution in [2.45, 2.75) is 4.90 Å². The lowest BCUT2D eigenvalue weighted by Gasteiger charge is -2.00. The molecule has 0 saturated heterocycles. The van der Waals surface area contributed by atoms with Gasteiger partial charge in [0.15, 0.2) is 11.1 Å². The fraction of sp³-hybridized carbons (Fsp3) is 0.111. The highest BCUT2D eigenvalue weighted by atomic mass is 32.2. The molecule has 0 heterocycles. The first-order valence-corrected chi connectivity index (χ1v) is 6.20. The molecule has 0 amide bonds. The molecule has 1 atom stereocenters. The second-order valence-corrected chi connectivity index (χ2v) is 5.35. The lowest BCUT2D eigenvalue weighted by atomic mass is 10.3. The number of nitriles is 1. The van der Waals surface area contributed by atoms with Gasteiger partial charge in [0.25, 0.3) is 5.69 Å². The van der Waals surface area contributed by atoms with Crippen LogP contribution in [0.1, 0.15) is 0 Å². The van der Waals surface area contributed by atoms with Gasteiger partial charge in [-0.1, -0.05) is 0 Å². The number of hydrogen-bond acceptors (Lipinski definition) is 4. The van der Waals surface area contributed by atoms with Gasteiger partial charge in [-0.3, -0.25) is 10.1 Å². The molecule has 1 rings (SSSR count). The first kappa shape index (κ1) is 12.4. The molecule has 1 unspecified atom stereocenters. The maximum atomic E-state index is 10.4. The summed E-state index contributed by atoms with van der Waals surface area (Å²) in [4.78, 5) is 10.8. The Hall–Kier alpha value is -1.65. The molecule has 0 aromatic heterocycles. The molecule has 0 saturated carbocycles. The minimum absolute atomic E-state index is 0.0416. The van der Waals surface area contributed by atoms with E-state index in [0.717, 1.165) is 4.90 Å². The molecule has 1 N–H and O–H groups in total. The second-order valence-electron chi connectivity index (χ2n) is 2.79. The van der Waals surface area contributed by atoms with Gasteiger partial charge < -0.3 is 0 Å². The number of nitrogens with one attached hydrogen (secondary N) is 1. The number of rotatable bonds is 2. The molecule has 0 radical (unpaired) electrons. The molecule has 0 aliphatic rings. The minimum atomic E-state index is -0.455. The van der Waals surface area contributed by atoms with Crippen LogP contribution in [0.2, 0.25) is 0 Å². The van der Waals surface area contributed by atoms with E-state index in [1.807, 2.05) is 6.26 Å². The summed E-state index contributed by atoms with van der Waals surface area (Å²) in [5.74, 6) is 0. The molecule has 1 aromatic carbocycles. The molecular weight excluding hydrogens is 246 g/mol. The molecule has 0 aliphatic carbocycles. The van der Waals surface area contributed by atoms with Gasteiger partial charge in [0.1, 0.15) is 6.26 Å². The van der Waals surface area contributed by atoms with Gasteiger partial charge in [-0.15, -0.1) is 0 Å². The van der Waals surface area contributed by atoms with E-state index >= 15 is 0 Å². The van der Waals surface area contributed by atoms with Crippen LogP contribution in [0, 0.1) is 21.6 Å². The zero-order chi connectivity index (χ0) is 12.1. The van der Waals surface area contributed by atoms with Crippen LogP contribution >= 0.6 is 12.2 Å². The molecule has 16 heavy (non-hydrogen) atoms. The summed E-state index contributed by atoms with van der Waals surface area (Å²) in [7, 11) is -0.424.